The van der Waals surface area contributed by atoms with E-state index < -0.39 is 0 Å². The molecule has 1 aromatic rings. The van der Waals surface area contributed by atoms with Gasteiger partial charge in [0.1, 0.15) is 5.75 Å². The maximum absolute atomic E-state index is 13.1. The number of benzene rings is 1. The van der Waals surface area contributed by atoms with Crippen LogP contribution in [0.25, 0.3) is 0 Å². The Morgan fingerprint density at radius 3 is 2.67 bits per heavy atom. The number of aryl methyl sites for hydroxylation is 1. The molecule has 0 radical (unpaired) electrons. The molecule has 2 fully saturated rings. The van der Waals surface area contributed by atoms with Crippen LogP contribution >= 0.6 is 12.4 Å². The Balaban J connectivity index is 0.00000208. The SMILES string of the molecule is COc1cc(C2(C(=O)NC3CCCNC3)CCCC2)ccc1C.Cl. The highest BCUT2D eigenvalue weighted by Gasteiger charge is 2.43. The van der Waals surface area contributed by atoms with Gasteiger partial charge in [-0.05, 0) is 56.3 Å². The molecule has 1 aliphatic heterocycles. The second kappa shape index (κ2) is 8.21. The largest absolute Gasteiger partial charge is 0.496 e. The van der Waals surface area contributed by atoms with Crippen molar-refractivity contribution in [3.63, 3.8) is 0 Å². The van der Waals surface area contributed by atoms with Gasteiger partial charge in [0.25, 0.3) is 0 Å². The molecule has 2 aliphatic rings. The minimum absolute atomic E-state index is 0. The van der Waals surface area contributed by atoms with Crippen molar-refractivity contribution in [1.82, 2.24) is 10.6 Å². The second-order valence-corrected chi connectivity index (χ2v) is 6.99. The Labute approximate surface area is 151 Å². The maximum Gasteiger partial charge on any atom is 0.230 e. The fraction of sp³-hybridized carbons (Fsp3) is 0.632. The van der Waals surface area contributed by atoms with Crippen LogP contribution in [-0.4, -0.2) is 32.1 Å². The van der Waals surface area contributed by atoms with Crippen LogP contribution in [0.3, 0.4) is 0 Å². The Bertz CT molecular complexity index is 564. The predicted molar refractivity (Wildman–Crippen MR) is 99.2 cm³/mol. The highest BCUT2D eigenvalue weighted by Crippen LogP contribution is 2.43. The molecule has 1 heterocycles. The zero-order valence-corrected chi connectivity index (χ0v) is 15.5. The normalized spacial score (nSPS) is 22.5. The fourth-order valence-electron chi connectivity index (χ4n) is 4.04. The lowest BCUT2D eigenvalue weighted by Crippen LogP contribution is -2.51. The first-order valence-corrected chi connectivity index (χ1v) is 8.82. The maximum atomic E-state index is 13.1. The molecule has 1 saturated heterocycles. The van der Waals surface area contributed by atoms with Crippen molar-refractivity contribution in [2.45, 2.75) is 56.9 Å². The van der Waals surface area contributed by atoms with Crippen LogP contribution < -0.4 is 15.4 Å². The van der Waals surface area contributed by atoms with Crippen molar-refractivity contribution in [1.29, 1.82) is 0 Å². The van der Waals surface area contributed by atoms with Crippen molar-refractivity contribution >= 4 is 18.3 Å². The lowest BCUT2D eigenvalue weighted by molar-refractivity contribution is -0.127. The number of amides is 1. The number of carbonyl (C=O) groups excluding carboxylic acids is 1. The highest BCUT2D eigenvalue weighted by molar-refractivity contribution is 5.89. The van der Waals surface area contributed by atoms with Crippen molar-refractivity contribution < 1.29 is 9.53 Å². The number of hydrogen-bond acceptors (Lipinski definition) is 3. The van der Waals surface area contributed by atoms with E-state index in [1.807, 2.05) is 6.92 Å². The van der Waals surface area contributed by atoms with Gasteiger partial charge >= 0.3 is 0 Å². The molecule has 1 unspecified atom stereocenters. The van der Waals surface area contributed by atoms with E-state index in [-0.39, 0.29) is 29.8 Å². The molecule has 1 saturated carbocycles. The van der Waals surface area contributed by atoms with Gasteiger partial charge in [0.05, 0.1) is 12.5 Å². The fourth-order valence-corrected chi connectivity index (χ4v) is 4.04. The molecular formula is C19H29ClN2O2. The van der Waals surface area contributed by atoms with Gasteiger partial charge in [-0.2, -0.15) is 0 Å². The first-order valence-electron chi connectivity index (χ1n) is 8.82. The molecular weight excluding hydrogens is 324 g/mol. The lowest BCUT2D eigenvalue weighted by Gasteiger charge is -2.32. The Kier molecular flexibility index (Phi) is 6.53. The van der Waals surface area contributed by atoms with Gasteiger partial charge in [-0.15, -0.1) is 12.4 Å². The third-order valence-electron chi connectivity index (χ3n) is 5.48. The molecule has 5 heteroatoms. The van der Waals surface area contributed by atoms with E-state index in [2.05, 4.69) is 28.8 Å². The molecule has 1 aromatic carbocycles. The summed E-state index contributed by atoms with van der Waals surface area (Å²) in [4.78, 5) is 13.1. The summed E-state index contributed by atoms with van der Waals surface area (Å²) in [6.07, 6.45) is 6.32. The van der Waals surface area contributed by atoms with Gasteiger partial charge in [-0.3, -0.25) is 4.79 Å². The number of halogens is 1. The number of nitrogens with one attached hydrogen (secondary N) is 2. The van der Waals surface area contributed by atoms with Gasteiger partial charge in [-0.25, -0.2) is 0 Å². The Hall–Kier alpha value is -1.26. The molecule has 1 atom stereocenters. The number of methoxy groups -OCH3 is 1. The van der Waals surface area contributed by atoms with Crippen LogP contribution in [0.4, 0.5) is 0 Å². The van der Waals surface area contributed by atoms with Crippen LogP contribution in [0, 0.1) is 6.92 Å². The van der Waals surface area contributed by atoms with Gasteiger partial charge in [0.15, 0.2) is 0 Å². The second-order valence-electron chi connectivity index (χ2n) is 6.99. The van der Waals surface area contributed by atoms with E-state index in [0.717, 1.165) is 68.5 Å². The molecule has 0 bridgehead atoms. The van der Waals surface area contributed by atoms with Crippen molar-refractivity contribution in [2.75, 3.05) is 20.2 Å². The first-order chi connectivity index (χ1) is 11.2. The molecule has 0 spiro atoms. The molecule has 3 rings (SSSR count). The predicted octanol–water partition coefficient (Wildman–Crippen LogP) is 3.11. The van der Waals surface area contributed by atoms with Crippen LogP contribution in [-0.2, 0) is 10.2 Å². The standard InChI is InChI=1S/C19H28N2O2.ClH/c1-14-7-8-15(12-17(14)23-2)19(9-3-4-10-19)18(22)21-16-6-5-11-20-13-16;/h7-8,12,16,20H,3-6,9-11,13H2,1-2H3,(H,21,22);1H. The van der Waals surface area contributed by atoms with Crippen molar-refractivity contribution in [3.05, 3.63) is 29.3 Å². The summed E-state index contributed by atoms with van der Waals surface area (Å²) in [7, 11) is 1.70. The first kappa shape index (κ1) is 19.1. The number of rotatable bonds is 4. The smallest absolute Gasteiger partial charge is 0.230 e. The molecule has 2 N–H and O–H groups in total. The molecule has 24 heavy (non-hydrogen) atoms. The molecule has 1 amide bonds. The van der Waals surface area contributed by atoms with Gasteiger partial charge in [-0.1, -0.05) is 25.0 Å². The third-order valence-corrected chi connectivity index (χ3v) is 5.48. The molecule has 0 aromatic heterocycles. The summed E-state index contributed by atoms with van der Waals surface area (Å²) in [6.45, 7) is 3.99. The third kappa shape index (κ3) is 3.70. The molecule has 134 valence electrons. The monoisotopic (exact) mass is 352 g/mol. The van der Waals surface area contributed by atoms with Crippen molar-refractivity contribution in [2.24, 2.45) is 0 Å². The molecule has 4 nitrogen and oxygen atoms in total. The Morgan fingerprint density at radius 2 is 2.04 bits per heavy atom. The minimum Gasteiger partial charge on any atom is -0.496 e. The summed E-state index contributed by atoms with van der Waals surface area (Å²) in [6, 6.07) is 6.52. The molecule has 1 aliphatic carbocycles. The highest BCUT2D eigenvalue weighted by atomic mass is 35.5. The number of carbonyl (C=O) groups is 1. The van der Waals surface area contributed by atoms with Crippen LogP contribution in [0.2, 0.25) is 0 Å². The van der Waals surface area contributed by atoms with Gasteiger partial charge in [0, 0.05) is 12.6 Å². The minimum atomic E-state index is -0.377. The number of ether oxygens (including phenoxy) is 1. The summed E-state index contributed by atoms with van der Waals surface area (Å²) >= 11 is 0. The summed E-state index contributed by atoms with van der Waals surface area (Å²) < 4.78 is 5.48. The van der Waals surface area contributed by atoms with E-state index in [9.17, 15) is 4.79 Å². The zero-order valence-electron chi connectivity index (χ0n) is 14.7. The van der Waals surface area contributed by atoms with Crippen molar-refractivity contribution in [3.8, 4) is 5.75 Å². The van der Waals surface area contributed by atoms with E-state index in [1.54, 1.807) is 7.11 Å². The van der Waals surface area contributed by atoms with E-state index >= 15 is 0 Å². The Morgan fingerprint density at radius 1 is 1.29 bits per heavy atom. The van der Waals surface area contributed by atoms with Crippen LogP contribution in [0.5, 0.6) is 5.75 Å². The van der Waals surface area contributed by atoms with Crippen LogP contribution in [0.15, 0.2) is 18.2 Å². The van der Waals surface area contributed by atoms with E-state index in [4.69, 9.17) is 4.74 Å². The van der Waals surface area contributed by atoms with Crippen LogP contribution in [0.1, 0.15) is 49.7 Å². The van der Waals surface area contributed by atoms with E-state index in [0.29, 0.717) is 0 Å². The number of hydrogen-bond donors (Lipinski definition) is 2. The van der Waals surface area contributed by atoms with E-state index in [1.165, 1.54) is 0 Å². The van der Waals surface area contributed by atoms with Gasteiger partial charge < -0.3 is 15.4 Å². The average molecular weight is 353 g/mol. The lowest BCUT2D eigenvalue weighted by atomic mass is 9.77. The number of piperidine rings is 1. The average Bonchev–Trinajstić information content (AvgIpc) is 3.07. The van der Waals surface area contributed by atoms with Gasteiger partial charge in [0.2, 0.25) is 5.91 Å². The quantitative estimate of drug-likeness (QED) is 0.875. The summed E-state index contributed by atoms with van der Waals surface area (Å²) in [5, 5.41) is 6.68. The topological polar surface area (TPSA) is 50.4 Å². The summed E-state index contributed by atoms with van der Waals surface area (Å²) in [5.74, 6) is 1.08. The zero-order chi connectivity index (χ0) is 16.3. The summed E-state index contributed by atoms with van der Waals surface area (Å²) in [5.41, 5.74) is 1.85.